The van der Waals surface area contributed by atoms with Crippen molar-refractivity contribution in [2.45, 2.75) is 13.8 Å². The summed E-state index contributed by atoms with van der Waals surface area (Å²) in [5.41, 5.74) is 0. The lowest BCUT2D eigenvalue weighted by Crippen LogP contribution is -2.33. The fourth-order valence-electron chi connectivity index (χ4n) is 1.15. The van der Waals surface area contributed by atoms with E-state index in [1.54, 1.807) is 4.90 Å². The largest absolute Gasteiger partial charge is 0.380 e. The van der Waals surface area contributed by atoms with Crippen LogP contribution in [-0.4, -0.2) is 47.3 Å². The van der Waals surface area contributed by atoms with Crippen LogP contribution in [0.3, 0.4) is 0 Å². The Morgan fingerprint density at radius 1 is 1.50 bits per heavy atom. The molecule has 1 amide bonds. The Kier molecular flexibility index (Phi) is 5.65. The summed E-state index contributed by atoms with van der Waals surface area (Å²) >= 11 is 6.72. The Balaban J connectivity index is 2.55. The summed E-state index contributed by atoms with van der Waals surface area (Å²) in [5.74, 6) is -0.147. The van der Waals surface area contributed by atoms with E-state index in [4.69, 9.17) is 16.3 Å². The predicted molar refractivity (Wildman–Crippen MR) is 63.0 cm³/mol. The van der Waals surface area contributed by atoms with Crippen molar-refractivity contribution < 1.29 is 9.53 Å². The van der Waals surface area contributed by atoms with E-state index < -0.39 is 0 Å². The first-order valence-corrected chi connectivity index (χ1v) is 6.24. The van der Waals surface area contributed by atoms with Gasteiger partial charge in [0.25, 0.3) is 5.91 Å². The molecule has 0 N–H and O–H groups in total. The number of nitrogens with zero attached hydrogens (tertiary/aromatic N) is 3. The van der Waals surface area contributed by atoms with Crippen LogP contribution in [0.5, 0.6) is 0 Å². The highest BCUT2D eigenvalue weighted by molar-refractivity contribution is 7.17. The van der Waals surface area contributed by atoms with Crippen LogP contribution in [0.25, 0.3) is 0 Å². The highest BCUT2D eigenvalue weighted by Crippen LogP contribution is 2.16. The van der Waals surface area contributed by atoms with E-state index in [0.717, 1.165) is 11.3 Å². The number of ether oxygens (including phenoxy) is 1. The summed E-state index contributed by atoms with van der Waals surface area (Å²) < 4.78 is 5.49. The van der Waals surface area contributed by atoms with Gasteiger partial charge in [-0.05, 0) is 25.4 Å². The van der Waals surface area contributed by atoms with Crippen LogP contribution < -0.4 is 0 Å². The number of hydrogen-bond donors (Lipinski definition) is 0. The molecular formula is C9H14ClN3O2S. The summed E-state index contributed by atoms with van der Waals surface area (Å²) in [4.78, 5) is 13.6. The smallest absolute Gasteiger partial charge is 0.284 e. The SMILES string of the molecule is CCOCCN(CC)C(=O)c1nnc(Cl)s1. The molecule has 1 aromatic heterocycles. The molecule has 1 heterocycles. The zero-order valence-corrected chi connectivity index (χ0v) is 10.8. The van der Waals surface area contributed by atoms with Gasteiger partial charge in [-0.3, -0.25) is 4.79 Å². The fourth-order valence-corrected chi connectivity index (χ4v) is 1.95. The summed E-state index contributed by atoms with van der Waals surface area (Å²) in [6, 6.07) is 0. The quantitative estimate of drug-likeness (QED) is 0.733. The van der Waals surface area contributed by atoms with Crippen molar-refractivity contribution in [3.63, 3.8) is 0 Å². The van der Waals surface area contributed by atoms with Gasteiger partial charge in [-0.25, -0.2) is 0 Å². The Morgan fingerprint density at radius 2 is 2.25 bits per heavy atom. The summed E-state index contributed by atoms with van der Waals surface area (Å²) in [5, 5.41) is 7.65. The lowest BCUT2D eigenvalue weighted by atomic mass is 10.4. The van der Waals surface area contributed by atoms with Crippen molar-refractivity contribution in [1.29, 1.82) is 0 Å². The van der Waals surface area contributed by atoms with Crippen LogP contribution in [0.2, 0.25) is 4.47 Å². The second-order valence-electron chi connectivity index (χ2n) is 2.94. The molecule has 0 aliphatic rings. The first-order chi connectivity index (χ1) is 7.69. The second-order valence-corrected chi connectivity index (χ2v) is 4.50. The normalized spacial score (nSPS) is 10.4. The van der Waals surface area contributed by atoms with Gasteiger partial charge in [0.1, 0.15) is 0 Å². The number of halogens is 1. The molecule has 0 aliphatic carbocycles. The van der Waals surface area contributed by atoms with Gasteiger partial charge in [0, 0.05) is 19.7 Å². The van der Waals surface area contributed by atoms with Crippen molar-refractivity contribution in [3.05, 3.63) is 9.47 Å². The maximum Gasteiger partial charge on any atom is 0.284 e. The van der Waals surface area contributed by atoms with E-state index >= 15 is 0 Å². The van der Waals surface area contributed by atoms with Crippen molar-refractivity contribution in [1.82, 2.24) is 15.1 Å². The highest BCUT2D eigenvalue weighted by atomic mass is 35.5. The Morgan fingerprint density at radius 3 is 2.75 bits per heavy atom. The van der Waals surface area contributed by atoms with Crippen LogP contribution >= 0.6 is 22.9 Å². The minimum absolute atomic E-state index is 0.147. The zero-order chi connectivity index (χ0) is 12.0. The topological polar surface area (TPSA) is 55.3 Å². The first-order valence-electron chi connectivity index (χ1n) is 5.05. The Labute approximate surface area is 103 Å². The van der Waals surface area contributed by atoms with Gasteiger partial charge in [-0.1, -0.05) is 11.3 Å². The summed E-state index contributed by atoms with van der Waals surface area (Å²) in [6.45, 7) is 6.18. The molecule has 0 aliphatic heterocycles. The van der Waals surface area contributed by atoms with Crippen molar-refractivity contribution >= 4 is 28.8 Å². The zero-order valence-electron chi connectivity index (χ0n) is 9.27. The van der Waals surface area contributed by atoms with Crippen molar-refractivity contribution in [2.75, 3.05) is 26.3 Å². The third-order valence-electron chi connectivity index (χ3n) is 1.96. The number of likely N-dealkylation sites (N-methyl/N-ethyl adjacent to an activating group) is 1. The number of carbonyl (C=O) groups is 1. The van der Waals surface area contributed by atoms with Crippen LogP contribution in [0.1, 0.15) is 23.6 Å². The number of aromatic nitrogens is 2. The molecule has 1 rings (SSSR count). The number of amides is 1. The highest BCUT2D eigenvalue weighted by Gasteiger charge is 2.18. The van der Waals surface area contributed by atoms with Crippen LogP contribution in [0.4, 0.5) is 0 Å². The number of rotatable bonds is 6. The third kappa shape index (κ3) is 3.70. The second kappa shape index (κ2) is 6.78. The van der Waals surface area contributed by atoms with E-state index in [2.05, 4.69) is 10.2 Å². The van der Waals surface area contributed by atoms with Crippen LogP contribution in [0.15, 0.2) is 0 Å². The van der Waals surface area contributed by atoms with E-state index in [9.17, 15) is 4.79 Å². The molecule has 0 saturated carbocycles. The average molecular weight is 264 g/mol. The van der Waals surface area contributed by atoms with Crippen LogP contribution in [-0.2, 0) is 4.74 Å². The molecule has 0 spiro atoms. The lowest BCUT2D eigenvalue weighted by Gasteiger charge is -2.18. The van der Waals surface area contributed by atoms with E-state index in [1.807, 2.05) is 13.8 Å². The molecule has 0 radical (unpaired) electrons. The lowest BCUT2D eigenvalue weighted by molar-refractivity contribution is 0.0668. The molecule has 0 saturated heterocycles. The summed E-state index contributed by atoms with van der Waals surface area (Å²) in [6.07, 6.45) is 0. The maximum absolute atomic E-state index is 11.9. The molecule has 0 aromatic carbocycles. The molecule has 5 nitrogen and oxygen atoms in total. The van der Waals surface area contributed by atoms with Gasteiger partial charge >= 0.3 is 0 Å². The molecule has 0 atom stereocenters. The minimum atomic E-state index is -0.147. The van der Waals surface area contributed by atoms with Gasteiger partial charge in [0.05, 0.1) is 6.61 Å². The van der Waals surface area contributed by atoms with Crippen molar-refractivity contribution in [2.24, 2.45) is 0 Å². The monoisotopic (exact) mass is 263 g/mol. The molecule has 0 fully saturated rings. The van der Waals surface area contributed by atoms with Crippen molar-refractivity contribution in [3.8, 4) is 0 Å². The molecule has 16 heavy (non-hydrogen) atoms. The van der Waals surface area contributed by atoms with Gasteiger partial charge in [-0.2, -0.15) is 0 Å². The molecule has 0 bridgehead atoms. The maximum atomic E-state index is 11.9. The van der Waals surface area contributed by atoms with Gasteiger partial charge in [-0.15, -0.1) is 10.2 Å². The molecule has 0 unspecified atom stereocenters. The van der Waals surface area contributed by atoms with Gasteiger partial charge < -0.3 is 9.64 Å². The fraction of sp³-hybridized carbons (Fsp3) is 0.667. The number of carbonyl (C=O) groups excluding carboxylic acids is 1. The van der Waals surface area contributed by atoms with Crippen LogP contribution in [0, 0.1) is 0 Å². The molecular weight excluding hydrogens is 250 g/mol. The molecule has 90 valence electrons. The predicted octanol–water partition coefficient (Wildman–Crippen LogP) is 1.69. The van der Waals surface area contributed by atoms with E-state index in [-0.39, 0.29) is 10.4 Å². The molecule has 1 aromatic rings. The Bertz CT molecular complexity index is 345. The van der Waals surface area contributed by atoms with Gasteiger partial charge in [0.15, 0.2) is 0 Å². The first kappa shape index (κ1) is 13.3. The average Bonchev–Trinajstić information content (AvgIpc) is 2.70. The van der Waals surface area contributed by atoms with E-state index in [1.165, 1.54) is 0 Å². The summed E-state index contributed by atoms with van der Waals surface area (Å²) in [7, 11) is 0. The minimum Gasteiger partial charge on any atom is -0.380 e. The third-order valence-corrected chi connectivity index (χ3v) is 2.97. The Hall–Kier alpha value is -0.720. The number of hydrogen-bond acceptors (Lipinski definition) is 5. The van der Waals surface area contributed by atoms with E-state index in [0.29, 0.717) is 31.3 Å². The van der Waals surface area contributed by atoms with Gasteiger partial charge in [0.2, 0.25) is 9.47 Å². The molecule has 7 heteroatoms. The standard InChI is InChI=1S/C9H14ClN3O2S/c1-3-13(5-6-15-4-2)8(14)7-11-12-9(10)16-7/h3-6H2,1-2H3.